The van der Waals surface area contributed by atoms with Crippen molar-refractivity contribution in [3.05, 3.63) is 35.9 Å². The highest BCUT2D eigenvalue weighted by molar-refractivity contribution is 5.44. The molecule has 2 N–H and O–H groups in total. The monoisotopic (exact) mass is 165 g/mol. The Kier molecular flexibility index (Phi) is 10.1. The Hall–Kier alpha value is -1.66. The quantitative estimate of drug-likeness (QED) is 0.536. The van der Waals surface area contributed by atoms with Crippen molar-refractivity contribution in [2.45, 2.75) is 6.92 Å². The van der Waals surface area contributed by atoms with Crippen LogP contribution in [0.4, 0.5) is 0 Å². The Balaban J connectivity index is 0. The molecule has 0 heterocycles. The van der Waals surface area contributed by atoms with Crippen LogP contribution in [0.25, 0.3) is 0 Å². The topological polar surface area (TPSA) is 72.4 Å². The second-order valence-corrected chi connectivity index (χ2v) is 1.71. The molecule has 0 saturated carbocycles. The van der Waals surface area contributed by atoms with Gasteiger partial charge in [-0.15, -0.1) is 0 Å². The zero-order valence-electron chi connectivity index (χ0n) is 6.82. The summed E-state index contributed by atoms with van der Waals surface area (Å²) in [7, 11) is 0. The number of hydrogen-bond donors (Lipinski definition) is 0. The number of rotatable bonds is 0. The Morgan fingerprint density at radius 1 is 1.33 bits per heavy atom. The minimum absolute atomic E-state index is 0. The van der Waals surface area contributed by atoms with Crippen LogP contribution in [-0.2, 0) is 4.79 Å². The molecular formula is C9H11NO2. The minimum Gasteiger partial charge on any atom is -0.412 e. The number of aldehydes is 1. The van der Waals surface area contributed by atoms with Crippen molar-refractivity contribution < 1.29 is 10.3 Å². The van der Waals surface area contributed by atoms with E-state index in [1.54, 1.807) is 12.1 Å². The first-order chi connectivity index (χ1) is 5.35. The molecule has 0 unspecified atom stereocenters. The van der Waals surface area contributed by atoms with Crippen LogP contribution in [0, 0.1) is 11.3 Å². The summed E-state index contributed by atoms with van der Waals surface area (Å²) >= 11 is 0. The van der Waals surface area contributed by atoms with Gasteiger partial charge >= 0.3 is 0 Å². The van der Waals surface area contributed by atoms with Crippen LogP contribution in [-0.4, -0.2) is 11.8 Å². The molecule has 0 aromatic heterocycles. The van der Waals surface area contributed by atoms with Gasteiger partial charge in [-0.3, -0.25) is 0 Å². The van der Waals surface area contributed by atoms with E-state index in [0.29, 0.717) is 5.56 Å². The van der Waals surface area contributed by atoms with Crippen LogP contribution >= 0.6 is 0 Å². The molecule has 0 aliphatic heterocycles. The number of carbonyl (C=O) groups is 1. The van der Waals surface area contributed by atoms with E-state index >= 15 is 0 Å². The third-order valence-corrected chi connectivity index (χ3v) is 0.903. The maximum atomic E-state index is 8.81. The fraction of sp³-hybridized carbons (Fsp3) is 0.111. The normalized spacial score (nSPS) is 6.33. The zero-order valence-corrected chi connectivity index (χ0v) is 6.82. The van der Waals surface area contributed by atoms with Gasteiger partial charge < -0.3 is 10.3 Å². The smallest absolute Gasteiger partial charge is 0.116 e. The maximum absolute atomic E-state index is 8.81. The third-order valence-electron chi connectivity index (χ3n) is 0.903. The van der Waals surface area contributed by atoms with Gasteiger partial charge in [-0.2, -0.15) is 5.26 Å². The molecule has 1 aromatic rings. The van der Waals surface area contributed by atoms with Crippen LogP contribution in [0.1, 0.15) is 12.5 Å². The zero-order chi connectivity index (χ0) is 8.53. The van der Waals surface area contributed by atoms with E-state index in [2.05, 4.69) is 0 Å². The molecule has 0 amide bonds. The lowest BCUT2D eigenvalue weighted by molar-refractivity contribution is -0.106. The van der Waals surface area contributed by atoms with Gasteiger partial charge in [0.15, 0.2) is 0 Å². The summed E-state index contributed by atoms with van der Waals surface area (Å²) in [6.07, 6.45) is 0.750. The van der Waals surface area contributed by atoms with Gasteiger partial charge in [0.2, 0.25) is 0 Å². The SMILES string of the molecule is CC=O.N#Cc1ccccc1.O. The minimum atomic E-state index is 0. The summed E-state index contributed by atoms with van der Waals surface area (Å²) in [6.45, 7) is 1.44. The molecule has 0 spiro atoms. The van der Waals surface area contributed by atoms with E-state index in [9.17, 15) is 0 Å². The molecule has 1 rings (SSSR count). The molecule has 64 valence electrons. The summed E-state index contributed by atoms with van der Waals surface area (Å²) in [5, 5.41) is 8.29. The summed E-state index contributed by atoms with van der Waals surface area (Å²) < 4.78 is 0. The molecule has 0 fully saturated rings. The maximum Gasteiger partial charge on any atom is 0.116 e. The fourth-order valence-corrected chi connectivity index (χ4v) is 0.513. The first kappa shape index (κ1) is 13.0. The van der Waals surface area contributed by atoms with Gasteiger partial charge in [0, 0.05) is 0 Å². The van der Waals surface area contributed by atoms with Crippen molar-refractivity contribution in [3.63, 3.8) is 0 Å². The highest BCUT2D eigenvalue weighted by Gasteiger charge is 1.79. The fourth-order valence-electron chi connectivity index (χ4n) is 0.513. The predicted molar refractivity (Wildman–Crippen MR) is 46.5 cm³/mol. The first-order valence-electron chi connectivity index (χ1n) is 3.20. The summed E-state index contributed by atoms with van der Waals surface area (Å²) in [4.78, 5) is 8.81. The average Bonchev–Trinajstić information content (AvgIpc) is 2.08. The number of carbonyl (C=O) groups excluding carboxylic acids is 1. The molecule has 3 nitrogen and oxygen atoms in total. The van der Waals surface area contributed by atoms with E-state index in [1.165, 1.54) is 6.92 Å². The Labute approximate surface area is 71.6 Å². The standard InChI is InChI=1S/C7H5N.C2H4O.H2O/c8-6-7-4-2-1-3-5-7;1-2-3;/h1-5H;2H,1H3;1H2. The number of benzene rings is 1. The van der Waals surface area contributed by atoms with Gasteiger partial charge in [0.25, 0.3) is 0 Å². The largest absolute Gasteiger partial charge is 0.412 e. The van der Waals surface area contributed by atoms with Crippen molar-refractivity contribution in [3.8, 4) is 6.07 Å². The second kappa shape index (κ2) is 9.34. The number of nitrogens with zero attached hydrogens (tertiary/aromatic N) is 1. The van der Waals surface area contributed by atoms with Crippen molar-refractivity contribution in [1.82, 2.24) is 0 Å². The van der Waals surface area contributed by atoms with E-state index in [0.717, 1.165) is 6.29 Å². The van der Waals surface area contributed by atoms with Crippen molar-refractivity contribution >= 4 is 6.29 Å². The molecule has 0 saturated heterocycles. The van der Waals surface area contributed by atoms with Crippen LogP contribution < -0.4 is 0 Å². The molecule has 0 aliphatic carbocycles. The summed E-state index contributed by atoms with van der Waals surface area (Å²) in [5.41, 5.74) is 0.715. The van der Waals surface area contributed by atoms with Crippen LogP contribution in [0.15, 0.2) is 30.3 Å². The molecular weight excluding hydrogens is 154 g/mol. The van der Waals surface area contributed by atoms with Gasteiger partial charge in [0.05, 0.1) is 11.6 Å². The molecule has 12 heavy (non-hydrogen) atoms. The molecule has 0 atom stereocenters. The highest BCUT2D eigenvalue weighted by atomic mass is 16.1. The van der Waals surface area contributed by atoms with Gasteiger partial charge in [0.1, 0.15) is 6.29 Å². The molecule has 3 heteroatoms. The van der Waals surface area contributed by atoms with Gasteiger partial charge in [-0.25, -0.2) is 0 Å². The van der Waals surface area contributed by atoms with E-state index < -0.39 is 0 Å². The van der Waals surface area contributed by atoms with Crippen LogP contribution in [0.2, 0.25) is 0 Å². The molecule has 0 aliphatic rings. The first-order valence-corrected chi connectivity index (χ1v) is 3.20. The van der Waals surface area contributed by atoms with Crippen molar-refractivity contribution in [2.75, 3.05) is 0 Å². The molecule has 1 aromatic carbocycles. The van der Waals surface area contributed by atoms with E-state index in [1.807, 2.05) is 24.3 Å². The van der Waals surface area contributed by atoms with Gasteiger partial charge in [-0.05, 0) is 19.1 Å². The Bertz CT molecular complexity index is 238. The lowest BCUT2D eigenvalue weighted by Crippen LogP contribution is -1.66. The summed E-state index contributed by atoms with van der Waals surface area (Å²) in [6, 6.07) is 11.2. The summed E-state index contributed by atoms with van der Waals surface area (Å²) in [5.74, 6) is 0. The average molecular weight is 165 g/mol. The number of nitriles is 1. The van der Waals surface area contributed by atoms with E-state index in [-0.39, 0.29) is 5.48 Å². The van der Waals surface area contributed by atoms with Crippen molar-refractivity contribution in [2.24, 2.45) is 0 Å². The van der Waals surface area contributed by atoms with Crippen LogP contribution in [0.5, 0.6) is 0 Å². The Morgan fingerprint density at radius 2 is 1.75 bits per heavy atom. The lowest BCUT2D eigenvalue weighted by Gasteiger charge is -1.80. The molecule has 0 bridgehead atoms. The number of hydrogen-bond acceptors (Lipinski definition) is 2. The highest BCUT2D eigenvalue weighted by Crippen LogP contribution is 1.92. The lowest BCUT2D eigenvalue weighted by atomic mass is 10.2. The second-order valence-electron chi connectivity index (χ2n) is 1.71. The van der Waals surface area contributed by atoms with Gasteiger partial charge in [-0.1, -0.05) is 18.2 Å². The van der Waals surface area contributed by atoms with E-state index in [4.69, 9.17) is 10.1 Å². The van der Waals surface area contributed by atoms with Crippen molar-refractivity contribution in [1.29, 1.82) is 5.26 Å². The predicted octanol–water partition coefficient (Wildman–Crippen LogP) is 0.939. The third kappa shape index (κ3) is 6.46. The molecule has 0 radical (unpaired) electrons. The Morgan fingerprint density at radius 3 is 2.00 bits per heavy atom. The van der Waals surface area contributed by atoms with Crippen LogP contribution in [0.3, 0.4) is 0 Å².